The minimum absolute atomic E-state index is 0.0491. The highest BCUT2D eigenvalue weighted by atomic mass is 35.5. The quantitative estimate of drug-likeness (QED) is 0.0614. The lowest BCUT2D eigenvalue weighted by Gasteiger charge is -2.42. The molecule has 4 N–H and O–H groups in total. The van der Waals surface area contributed by atoms with Crippen LogP contribution >= 0.6 is 23.4 Å². The van der Waals surface area contributed by atoms with Crippen LogP contribution in [-0.4, -0.2) is 180 Å². The van der Waals surface area contributed by atoms with Crippen LogP contribution in [0.3, 0.4) is 0 Å². The van der Waals surface area contributed by atoms with E-state index in [9.17, 15) is 57.8 Å². The third-order valence-corrected chi connectivity index (χ3v) is 16.6. The standard InChI is InChI=1S/C56H77ClN6O17S/c1-10-36(64)15-12-16-37(65)30-59-46(68)20-19-38(66)31-58-45(67)18-13-22-63-49(71)27-42(52(63)72)81-23-21-47(69)61(6)34(4)53(73)79-44-28-48(70)62(7)39-25-35(26-40(76-8)50(39)57)24-32(2)14-11-17-43(77-9)56(75)29-41(78-54(74)60-56)33(3)51-55(44,5)80-51/h11,14,17,25-26,33-34,41-44,51,75H,10,12-13,15-16,18-24,27-31H2,1-9H3,(H,58,67)(H,59,68)(H,60,74)/b17-11+,32-14+/t33-,34+,41+,42?,43-,44+,51+,55+,56+/m1/s1. The Kier molecular flexibility index (Phi) is 24.0. The zero-order chi connectivity index (χ0) is 59.9. The molecule has 4 bridgehead atoms. The van der Waals surface area contributed by atoms with Gasteiger partial charge in [-0.15, -0.1) is 11.8 Å². The zero-order valence-corrected chi connectivity index (χ0v) is 49.1. The maximum atomic E-state index is 14.4. The smallest absolute Gasteiger partial charge is 0.409 e. The predicted molar refractivity (Wildman–Crippen MR) is 297 cm³/mol. The number of anilines is 1. The normalized spacial score (nSPS) is 26.2. The summed E-state index contributed by atoms with van der Waals surface area (Å²) in [6.07, 6.45) is 0.830. The fourth-order valence-electron chi connectivity index (χ4n) is 9.76. The molecule has 4 aliphatic heterocycles. The van der Waals surface area contributed by atoms with Crippen LogP contribution in [0, 0.1) is 5.92 Å². The molecule has 23 nitrogen and oxygen atoms in total. The van der Waals surface area contributed by atoms with Gasteiger partial charge in [0.25, 0.3) is 0 Å². The summed E-state index contributed by atoms with van der Waals surface area (Å²) in [4.78, 5) is 145. The second kappa shape index (κ2) is 29.7. The average molecular weight is 1170 g/mol. The molecule has 5 rings (SSSR count). The number of alkyl carbamates (subject to hydrolysis) is 1. The van der Waals surface area contributed by atoms with Gasteiger partial charge in [0.1, 0.15) is 46.5 Å². The molecule has 446 valence electrons. The number of methoxy groups -OCH3 is 2. The number of thioether (sulfide) groups is 1. The number of allylic oxidation sites excluding steroid dienone is 3. The number of amides is 7. The van der Waals surface area contributed by atoms with Gasteiger partial charge in [0, 0.05) is 97.2 Å². The van der Waals surface area contributed by atoms with E-state index in [4.69, 9.17) is 35.3 Å². The minimum atomic E-state index is -1.90. The summed E-state index contributed by atoms with van der Waals surface area (Å²) in [6.45, 7) is 7.91. The van der Waals surface area contributed by atoms with E-state index in [-0.39, 0.29) is 93.3 Å². The highest BCUT2D eigenvalue weighted by molar-refractivity contribution is 8.00. The molecule has 3 fully saturated rings. The molecule has 1 aromatic carbocycles. The fraction of sp³-hybridized carbons (Fsp3) is 0.625. The Hall–Kier alpha value is -6.21. The van der Waals surface area contributed by atoms with Crippen molar-refractivity contribution in [2.24, 2.45) is 5.92 Å². The molecule has 0 aliphatic carbocycles. The molecule has 9 atom stereocenters. The summed E-state index contributed by atoms with van der Waals surface area (Å²) >= 11 is 7.91. The van der Waals surface area contributed by atoms with Crippen molar-refractivity contribution in [1.82, 2.24) is 25.8 Å². The first-order chi connectivity index (χ1) is 38.2. The summed E-state index contributed by atoms with van der Waals surface area (Å²) in [5.74, 6) is -4.57. The van der Waals surface area contributed by atoms with Crippen molar-refractivity contribution in [2.75, 3.05) is 58.6 Å². The number of hydrogen-bond donors (Lipinski definition) is 4. The van der Waals surface area contributed by atoms with Crippen molar-refractivity contribution in [1.29, 1.82) is 0 Å². The molecule has 0 radical (unpaired) electrons. The van der Waals surface area contributed by atoms with Gasteiger partial charge in [-0.25, -0.2) is 9.59 Å². The molecule has 0 spiro atoms. The number of likely N-dealkylation sites (tertiary alicyclic amines) is 1. The van der Waals surface area contributed by atoms with E-state index in [0.717, 1.165) is 27.8 Å². The van der Waals surface area contributed by atoms with Gasteiger partial charge in [-0.3, -0.25) is 53.4 Å². The largest absolute Gasteiger partial charge is 0.495 e. The number of imide groups is 1. The van der Waals surface area contributed by atoms with Gasteiger partial charge in [0.2, 0.25) is 35.4 Å². The first kappa shape index (κ1) is 65.6. The Morgan fingerprint density at radius 2 is 1.60 bits per heavy atom. The number of likely N-dealkylation sites (N-methyl/N-ethyl adjacent to an activating group) is 1. The van der Waals surface area contributed by atoms with Gasteiger partial charge in [-0.2, -0.15) is 0 Å². The summed E-state index contributed by atoms with van der Waals surface area (Å²) in [6, 6.07) is 2.31. The highest BCUT2D eigenvalue weighted by Crippen LogP contribution is 2.49. The number of Topliss-reactive ketones (excluding diaryl/α,β-unsaturated/α-hetero) is 3. The number of carbonyl (C=O) groups is 11. The van der Waals surface area contributed by atoms with Gasteiger partial charge < -0.3 is 49.2 Å². The SMILES string of the molecule is CCC(=O)CCCC(=O)CNC(=O)CCC(=O)CNC(=O)CCCN1C(=O)CC(SCCC(=O)N(C)[C@@H](C)C(=O)O[C@H]2CC(=O)N(C)c3cc(cc(OC)c3Cl)C/C(C)=C/C=C/[C@@H](OC)[C@@]3(O)C[C@H](OC(=O)N3)[C@@H](C)[C@@H]3O[C@@]23C)C1=O. The second-order valence-corrected chi connectivity index (χ2v) is 22.8. The molecule has 7 amide bonds. The molecule has 4 heterocycles. The van der Waals surface area contributed by atoms with Crippen molar-refractivity contribution in [3.8, 4) is 5.75 Å². The third kappa shape index (κ3) is 17.9. The van der Waals surface area contributed by atoms with Crippen LogP contribution in [0.15, 0.2) is 35.9 Å². The average Bonchev–Trinajstić information content (AvgIpc) is 4.05. The zero-order valence-electron chi connectivity index (χ0n) is 47.6. The lowest BCUT2D eigenvalue weighted by Crippen LogP contribution is -2.63. The van der Waals surface area contributed by atoms with Crippen LogP contribution in [0.1, 0.15) is 117 Å². The molecule has 0 aromatic heterocycles. The number of esters is 1. The third-order valence-electron chi connectivity index (χ3n) is 15.0. The molecule has 3 saturated heterocycles. The maximum Gasteiger partial charge on any atom is 0.409 e. The van der Waals surface area contributed by atoms with E-state index >= 15 is 0 Å². The molecule has 4 aliphatic rings. The number of halogens is 1. The summed E-state index contributed by atoms with van der Waals surface area (Å²) in [5.41, 5.74) is -1.29. The van der Waals surface area contributed by atoms with E-state index in [0.29, 0.717) is 37.1 Å². The van der Waals surface area contributed by atoms with Gasteiger partial charge in [0.15, 0.2) is 17.3 Å². The molecule has 81 heavy (non-hydrogen) atoms. The van der Waals surface area contributed by atoms with E-state index in [2.05, 4.69) is 16.0 Å². The van der Waals surface area contributed by atoms with Crippen molar-refractivity contribution in [2.45, 2.75) is 165 Å². The van der Waals surface area contributed by atoms with Crippen molar-refractivity contribution in [3.63, 3.8) is 0 Å². The first-order valence-corrected chi connectivity index (χ1v) is 28.6. The van der Waals surface area contributed by atoms with Gasteiger partial charge in [0.05, 0.1) is 43.7 Å². The summed E-state index contributed by atoms with van der Waals surface area (Å²) < 4.78 is 29.4. The predicted octanol–water partition coefficient (Wildman–Crippen LogP) is 3.85. The van der Waals surface area contributed by atoms with Crippen LogP contribution in [0.4, 0.5) is 10.5 Å². The van der Waals surface area contributed by atoms with Crippen LogP contribution in [0.2, 0.25) is 5.02 Å². The Bertz CT molecular complexity index is 2630. The van der Waals surface area contributed by atoms with E-state index < -0.39 is 113 Å². The molecule has 25 heteroatoms. The number of benzene rings is 1. The summed E-state index contributed by atoms with van der Waals surface area (Å²) in [5, 5.41) is 18.6. The number of rotatable bonds is 25. The second-order valence-electron chi connectivity index (χ2n) is 21.1. The number of hydrogen-bond acceptors (Lipinski definition) is 18. The Labute approximate surface area is 481 Å². The number of epoxide rings is 1. The number of nitrogens with zero attached hydrogens (tertiary/aromatic N) is 3. The number of carbonyl (C=O) groups excluding carboxylic acids is 11. The summed E-state index contributed by atoms with van der Waals surface area (Å²) in [7, 11) is 5.78. The molecular weight excluding hydrogens is 1100 g/mol. The Morgan fingerprint density at radius 3 is 2.27 bits per heavy atom. The van der Waals surface area contributed by atoms with Crippen LogP contribution < -0.4 is 25.6 Å². The van der Waals surface area contributed by atoms with Gasteiger partial charge >= 0.3 is 12.1 Å². The number of fused-ring (bicyclic) bond motifs is 5. The number of ketones is 3. The van der Waals surface area contributed by atoms with Gasteiger partial charge in [-0.05, 0) is 57.7 Å². The molecule has 1 aromatic rings. The molecular formula is C56H77ClN6O17S. The number of ether oxygens (including phenoxy) is 5. The van der Waals surface area contributed by atoms with Crippen LogP contribution in [0.5, 0.6) is 5.75 Å². The van der Waals surface area contributed by atoms with Gasteiger partial charge in [-0.1, -0.05) is 49.2 Å². The lowest BCUT2D eigenvalue weighted by molar-refractivity contribution is -0.162. The molecule has 0 saturated carbocycles. The van der Waals surface area contributed by atoms with E-state index in [1.165, 1.54) is 45.0 Å². The first-order valence-electron chi connectivity index (χ1n) is 27.1. The monoisotopic (exact) mass is 1170 g/mol. The van der Waals surface area contributed by atoms with Crippen LogP contribution in [0.25, 0.3) is 0 Å². The fourth-order valence-corrected chi connectivity index (χ4v) is 11.2. The van der Waals surface area contributed by atoms with Crippen LogP contribution in [-0.2, 0) is 73.3 Å². The van der Waals surface area contributed by atoms with Crippen molar-refractivity contribution in [3.05, 3.63) is 46.5 Å². The number of aliphatic hydroxyl groups is 1. The lowest BCUT2D eigenvalue weighted by atomic mass is 9.83. The molecule has 1 unspecified atom stereocenters. The topological polar surface area (TPSA) is 303 Å². The Morgan fingerprint density at radius 1 is 0.938 bits per heavy atom. The minimum Gasteiger partial charge on any atom is -0.495 e. The van der Waals surface area contributed by atoms with E-state index in [1.807, 2.05) is 13.0 Å². The van der Waals surface area contributed by atoms with Crippen molar-refractivity contribution < 1.29 is 81.5 Å². The maximum absolute atomic E-state index is 14.4. The number of nitrogens with one attached hydrogen (secondary N) is 3. The Balaban J connectivity index is 1.14. The van der Waals surface area contributed by atoms with Crippen molar-refractivity contribution >= 4 is 93.9 Å². The highest BCUT2D eigenvalue weighted by Gasteiger charge is 2.64. The van der Waals surface area contributed by atoms with E-state index in [1.54, 1.807) is 45.1 Å².